The van der Waals surface area contributed by atoms with Gasteiger partial charge in [-0.2, -0.15) is 0 Å². The number of aliphatic carboxylic acids is 1. The van der Waals surface area contributed by atoms with Gasteiger partial charge in [0.25, 0.3) is 0 Å². The lowest BCUT2D eigenvalue weighted by Crippen LogP contribution is -2.26. The van der Waals surface area contributed by atoms with E-state index in [2.05, 4.69) is 20.5 Å². The number of hydrogen-bond donors (Lipinski definition) is 1. The van der Waals surface area contributed by atoms with Gasteiger partial charge in [0, 0.05) is 36.4 Å². The Kier molecular flexibility index (Phi) is 8.01. The van der Waals surface area contributed by atoms with Crippen molar-refractivity contribution in [2.24, 2.45) is 11.1 Å². The van der Waals surface area contributed by atoms with Crippen molar-refractivity contribution in [3.05, 3.63) is 60.4 Å². The van der Waals surface area contributed by atoms with Crippen LogP contribution >= 0.6 is 0 Å². The number of rotatable bonds is 11. The van der Waals surface area contributed by atoms with Crippen molar-refractivity contribution in [2.45, 2.75) is 38.0 Å². The third-order valence-electron chi connectivity index (χ3n) is 6.93. The highest BCUT2D eigenvalue weighted by atomic mass is 19.1. The van der Waals surface area contributed by atoms with E-state index < -0.39 is 29.9 Å². The lowest BCUT2D eigenvalue weighted by molar-refractivity contribution is -0.143. The monoisotopic (exact) mass is 551 g/mol. The van der Waals surface area contributed by atoms with E-state index in [1.165, 1.54) is 11.0 Å². The Balaban J connectivity index is 1.20. The summed E-state index contributed by atoms with van der Waals surface area (Å²) in [6.07, 6.45) is 4.80. The van der Waals surface area contributed by atoms with E-state index in [1.54, 1.807) is 47.5 Å². The number of anilines is 1. The summed E-state index contributed by atoms with van der Waals surface area (Å²) in [5.74, 6) is -1.87. The molecule has 4 heterocycles. The zero-order valence-electron chi connectivity index (χ0n) is 22.2. The summed E-state index contributed by atoms with van der Waals surface area (Å²) < 4.78 is 22.1. The zero-order chi connectivity index (χ0) is 28.2. The van der Waals surface area contributed by atoms with Crippen LogP contribution in [0.5, 0.6) is 0 Å². The first-order chi connectivity index (χ1) is 19.3. The predicted octanol–water partition coefficient (Wildman–Crippen LogP) is 3.04. The van der Waals surface area contributed by atoms with Crippen molar-refractivity contribution < 1.29 is 28.7 Å². The second-order valence-corrected chi connectivity index (χ2v) is 10.2. The number of carbonyl (C=O) groups excluding carboxylic acids is 1. The van der Waals surface area contributed by atoms with E-state index in [1.807, 2.05) is 19.0 Å². The molecule has 1 N–H and O–H groups in total. The number of cyclic esters (lactones) is 1. The Morgan fingerprint density at radius 2 is 2.10 bits per heavy atom. The number of pyridine rings is 1. The summed E-state index contributed by atoms with van der Waals surface area (Å²) >= 11 is 0. The molecule has 40 heavy (non-hydrogen) atoms. The topological polar surface area (TPSA) is 135 Å². The summed E-state index contributed by atoms with van der Waals surface area (Å²) in [7, 11) is 3.81. The maximum absolute atomic E-state index is 15.1. The molecule has 2 aliphatic heterocycles. The Morgan fingerprint density at radius 1 is 1.25 bits per heavy atom. The van der Waals surface area contributed by atoms with Crippen LogP contribution in [-0.2, 0) is 20.9 Å². The largest absolute Gasteiger partial charge is 0.481 e. The van der Waals surface area contributed by atoms with Crippen molar-refractivity contribution in [3.8, 4) is 11.1 Å². The summed E-state index contributed by atoms with van der Waals surface area (Å²) in [5.41, 5.74) is 2.50. The van der Waals surface area contributed by atoms with E-state index in [0.29, 0.717) is 60.6 Å². The molecule has 210 valence electrons. The molecule has 5 rings (SSSR count). The molecule has 13 heteroatoms. The van der Waals surface area contributed by atoms with Crippen LogP contribution in [0.15, 0.2) is 54.1 Å². The molecular formula is C27H30FN7O5. The number of ether oxygens (including phenoxy) is 1. The standard InChI is InChI=1S/C27H30FN7O5/c1-33(2)9-7-17(26(36)37)11-20-13-25(31-40-20)24-6-3-18(14-29-24)22-5-4-19(12-23(22)28)35-16-21(39-27(35)38)15-34-10-8-30-32-34/h3-6,8,10,12,14,17,20-21H,7,9,11,13,15-16H2,1-2H3,(H,36,37)/t17?,20-,21-/m0/s1. The van der Waals surface area contributed by atoms with Crippen molar-refractivity contribution in [2.75, 3.05) is 32.1 Å². The molecule has 2 aromatic heterocycles. The molecule has 1 fully saturated rings. The van der Waals surface area contributed by atoms with Crippen LogP contribution in [0.3, 0.4) is 0 Å². The highest BCUT2D eigenvalue weighted by Gasteiger charge is 2.33. The number of carboxylic acids is 1. The Hall–Kier alpha value is -4.39. The molecule has 0 aliphatic carbocycles. The van der Waals surface area contributed by atoms with E-state index in [0.717, 1.165) is 0 Å². The SMILES string of the molecule is CN(C)CCC(C[C@H]1CC(c2ccc(-c3ccc(N4C[C@H](Cn5ccnn5)OC4=O)cc3F)cn2)=NO1)C(=O)O. The zero-order valence-corrected chi connectivity index (χ0v) is 22.2. The minimum atomic E-state index is -0.845. The van der Waals surface area contributed by atoms with Crippen LogP contribution in [0.1, 0.15) is 25.0 Å². The second-order valence-electron chi connectivity index (χ2n) is 10.2. The number of carbonyl (C=O) groups is 2. The molecule has 1 saturated heterocycles. The molecule has 1 unspecified atom stereocenters. The van der Waals surface area contributed by atoms with Crippen LogP contribution in [0, 0.1) is 11.7 Å². The van der Waals surface area contributed by atoms with Gasteiger partial charge < -0.3 is 19.6 Å². The first kappa shape index (κ1) is 27.2. The van der Waals surface area contributed by atoms with Gasteiger partial charge in [0.2, 0.25) is 0 Å². The molecule has 3 atom stereocenters. The fraction of sp³-hybridized carbons (Fsp3) is 0.407. The first-order valence-electron chi connectivity index (χ1n) is 13.0. The summed E-state index contributed by atoms with van der Waals surface area (Å²) in [4.78, 5) is 37.3. The molecule has 12 nitrogen and oxygen atoms in total. The van der Waals surface area contributed by atoms with E-state index in [9.17, 15) is 14.7 Å². The Labute approximate surface area is 230 Å². The summed E-state index contributed by atoms with van der Waals surface area (Å²) in [6, 6.07) is 8.05. The second kappa shape index (κ2) is 11.8. The van der Waals surface area contributed by atoms with Gasteiger partial charge >= 0.3 is 12.1 Å². The van der Waals surface area contributed by atoms with Gasteiger partial charge in [-0.1, -0.05) is 16.4 Å². The average molecular weight is 552 g/mol. The maximum atomic E-state index is 15.1. The number of nitrogens with zero attached hydrogens (tertiary/aromatic N) is 7. The molecule has 1 aromatic carbocycles. The van der Waals surface area contributed by atoms with Crippen LogP contribution in [0.2, 0.25) is 0 Å². The Bertz CT molecular complexity index is 1380. The quantitative estimate of drug-likeness (QED) is 0.381. The van der Waals surface area contributed by atoms with Gasteiger partial charge in [0.05, 0.1) is 36.6 Å². The number of carboxylic acid groups (broad SMARTS) is 1. The summed E-state index contributed by atoms with van der Waals surface area (Å²) in [6.45, 7) is 1.29. The minimum absolute atomic E-state index is 0.266. The van der Waals surface area contributed by atoms with Crippen molar-refractivity contribution >= 4 is 23.5 Å². The summed E-state index contributed by atoms with van der Waals surface area (Å²) in [5, 5.41) is 21.3. The average Bonchev–Trinajstić information content (AvgIpc) is 3.68. The Morgan fingerprint density at radius 3 is 2.77 bits per heavy atom. The molecule has 0 saturated carbocycles. The smallest absolute Gasteiger partial charge is 0.414 e. The first-order valence-corrected chi connectivity index (χ1v) is 13.0. The van der Waals surface area contributed by atoms with Crippen molar-refractivity contribution in [1.29, 1.82) is 0 Å². The van der Waals surface area contributed by atoms with Gasteiger partial charge in [-0.05, 0) is 51.3 Å². The van der Waals surface area contributed by atoms with Gasteiger partial charge in [0.1, 0.15) is 23.7 Å². The molecule has 0 spiro atoms. The molecule has 2 aliphatic rings. The highest BCUT2D eigenvalue weighted by Crippen LogP contribution is 2.30. The van der Waals surface area contributed by atoms with Crippen LogP contribution < -0.4 is 4.90 Å². The van der Waals surface area contributed by atoms with Crippen molar-refractivity contribution in [1.82, 2.24) is 24.9 Å². The number of hydrogen-bond acceptors (Lipinski definition) is 9. The van der Waals surface area contributed by atoms with Gasteiger partial charge in [-0.3, -0.25) is 14.7 Å². The van der Waals surface area contributed by atoms with Crippen LogP contribution in [0.4, 0.5) is 14.9 Å². The van der Waals surface area contributed by atoms with Crippen molar-refractivity contribution in [3.63, 3.8) is 0 Å². The molecule has 0 bridgehead atoms. The maximum Gasteiger partial charge on any atom is 0.414 e. The van der Waals surface area contributed by atoms with Crippen LogP contribution in [-0.4, -0.2) is 87.2 Å². The van der Waals surface area contributed by atoms with E-state index in [-0.39, 0.29) is 12.6 Å². The fourth-order valence-corrected chi connectivity index (χ4v) is 4.78. The lowest BCUT2D eigenvalue weighted by atomic mass is 9.95. The van der Waals surface area contributed by atoms with E-state index >= 15 is 4.39 Å². The number of amides is 1. The minimum Gasteiger partial charge on any atom is -0.481 e. The number of benzene rings is 1. The number of aromatic nitrogens is 4. The van der Waals surface area contributed by atoms with Gasteiger partial charge in [-0.15, -0.1) is 5.10 Å². The highest BCUT2D eigenvalue weighted by molar-refractivity contribution is 5.99. The van der Waals surface area contributed by atoms with Crippen LogP contribution in [0.25, 0.3) is 11.1 Å². The van der Waals surface area contributed by atoms with Gasteiger partial charge in [-0.25, -0.2) is 13.9 Å². The normalized spacial score (nSPS) is 19.4. The van der Waals surface area contributed by atoms with E-state index in [4.69, 9.17) is 9.57 Å². The molecular weight excluding hydrogens is 521 g/mol. The predicted molar refractivity (Wildman–Crippen MR) is 142 cm³/mol. The fourth-order valence-electron chi connectivity index (χ4n) is 4.78. The molecule has 1 amide bonds. The molecule has 0 radical (unpaired) electrons. The number of oxime groups is 1. The third-order valence-corrected chi connectivity index (χ3v) is 6.93. The third kappa shape index (κ3) is 6.25. The molecule has 3 aromatic rings. The lowest BCUT2D eigenvalue weighted by Gasteiger charge is -2.17. The number of halogens is 1. The van der Waals surface area contributed by atoms with Gasteiger partial charge in [0.15, 0.2) is 0 Å².